The molecule has 0 spiro atoms. The van der Waals surface area contributed by atoms with E-state index in [1.165, 1.54) is 6.08 Å². The summed E-state index contributed by atoms with van der Waals surface area (Å²) in [7, 11) is 0. The Bertz CT molecular complexity index is 1100. The maximum Gasteiger partial charge on any atom is 0.343 e. The molecule has 0 bridgehead atoms. The van der Waals surface area contributed by atoms with Crippen LogP contribution in [0.5, 0.6) is 5.75 Å². The van der Waals surface area contributed by atoms with E-state index in [1.54, 1.807) is 54.6 Å². The summed E-state index contributed by atoms with van der Waals surface area (Å²) in [5.74, 6) is -0.574. The number of hydrogen-bond donors (Lipinski definition) is 1. The Morgan fingerprint density at radius 3 is 2.34 bits per heavy atom. The van der Waals surface area contributed by atoms with Crippen LogP contribution in [0.1, 0.15) is 15.9 Å². The van der Waals surface area contributed by atoms with Crippen LogP contribution in [0.2, 0.25) is 0 Å². The third kappa shape index (κ3) is 5.77. The van der Waals surface area contributed by atoms with Crippen LogP contribution in [0.15, 0.2) is 84.4 Å². The fraction of sp³-hybridized carbons (Fsp3) is 0. The second-order valence-electron chi connectivity index (χ2n) is 5.96. The normalized spacial score (nSPS) is 10.7. The van der Waals surface area contributed by atoms with E-state index in [0.717, 1.165) is 3.57 Å². The molecular weight excluding hydrogens is 479 g/mol. The second kappa shape index (κ2) is 9.66. The molecule has 142 valence electrons. The van der Waals surface area contributed by atoms with Crippen molar-refractivity contribution in [1.29, 1.82) is 5.26 Å². The lowest BCUT2D eigenvalue weighted by Crippen LogP contribution is -2.13. The van der Waals surface area contributed by atoms with Gasteiger partial charge in [0.05, 0.1) is 5.56 Å². The van der Waals surface area contributed by atoms with Crippen LogP contribution in [-0.4, -0.2) is 11.9 Å². The smallest absolute Gasteiger partial charge is 0.343 e. The van der Waals surface area contributed by atoms with E-state index in [0.29, 0.717) is 22.6 Å². The summed E-state index contributed by atoms with van der Waals surface area (Å²) in [6, 6.07) is 24.4. The number of nitrogens with zero attached hydrogens (tertiary/aromatic N) is 1. The van der Waals surface area contributed by atoms with Gasteiger partial charge in [-0.25, -0.2) is 4.79 Å². The van der Waals surface area contributed by atoms with Crippen molar-refractivity contribution < 1.29 is 14.3 Å². The number of halogens is 1. The Kier molecular flexibility index (Phi) is 6.76. The molecule has 0 radical (unpaired) electrons. The van der Waals surface area contributed by atoms with Gasteiger partial charge in [0.15, 0.2) is 0 Å². The summed E-state index contributed by atoms with van der Waals surface area (Å²) >= 11 is 2.15. The topological polar surface area (TPSA) is 79.2 Å². The van der Waals surface area contributed by atoms with Gasteiger partial charge in [0, 0.05) is 9.26 Å². The number of carbonyl (C=O) groups is 2. The van der Waals surface area contributed by atoms with Gasteiger partial charge in [-0.1, -0.05) is 36.4 Å². The fourth-order valence-electron chi connectivity index (χ4n) is 2.45. The first-order valence-electron chi connectivity index (χ1n) is 8.61. The van der Waals surface area contributed by atoms with Crippen molar-refractivity contribution in [3.8, 4) is 11.8 Å². The van der Waals surface area contributed by atoms with E-state index < -0.39 is 11.9 Å². The number of nitrogens with one attached hydrogen (secondary N) is 1. The van der Waals surface area contributed by atoms with Gasteiger partial charge >= 0.3 is 5.97 Å². The largest absolute Gasteiger partial charge is 0.423 e. The summed E-state index contributed by atoms with van der Waals surface area (Å²) in [6.45, 7) is 0. The second-order valence-corrected chi connectivity index (χ2v) is 7.20. The predicted molar refractivity (Wildman–Crippen MR) is 119 cm³/mol. The molecule has 1 N–H and O–H groups in total. The lowest BCUT2D eigenvalue weighted by atomic mass is 10.1. The molecule has 0 unspecified atom stereocenters. The molecule has 0 aliphatic heterocycles. The highest BCUT2D eigenvalue weighted by molar-refractivity contribution is 14.1. The van der Waals surface area contributed by atoms with Crippen molar-refractivity contribution in [2.45, 2.75) is 0 Å². The van der Waals surface area contributed by atoms with Crippen LogP contribution in [-0.2, 0) is 4.79 Å². The number of nitriles is 1. The minimum Gasteiger partial charge on any atom is -0.423 e. The van der Waals surface area contributed by atoms with Crippen molar-refractivity contribution in [2.24, 2.45) is 0 Å². The van der Waals surface area contributed by atoms with Gasteiger partial charge in [0.25, 0.3) is 5.91 Å². The van der Waals surface area contributed by atoms with Crippen molar-refractivity contribution >= 4 is 46.2 Å². The quantitative estimate of drug-likeness (QED) is 0.177. The van der Waals surface area contributed by atoms with Gasteiger partial charge in [-0.15, -0.1) is 0 Å². The molecule has 0 fully saturated rings. The fourth-order valence-corrected chi connectivity index (χ4v) is 3.00. The molecule has 3 aromatic rings. The van der Waals surface area contributed by atoms with Gasteiger partial charge in [-0.3, -0.25) is 4.79 Å². The molecule has 0 aliphatic rings. The summed E-state index contributed by atoms with van der Waals surface area (Å²) in [5.41, 5.74) is 1.68. The van der Waals surface area contributed by atoms with Crippen LogP contribution in [0.4, 0.5) is 5.69 Å². The van der Waals surface area contributed by atoms with Crippen LogP contribution in [0.25, 0.3) is 6.08 Å². The molecule has 0 saturated carbocycles. The number of anilines is 1. The number of ether oxygens (including phenoxy) is 1. The van der Waals surface area contributed by atoms with Crippen LogP contribution in [0, 0.1) is 14.9 Å². The van der Waals surface area contributed by atoms with Crippen LogP contribution in [0.3, 0.4) is 0 Å². The molecule has 3 rings (SSSR count). The van der Waals surface area contributed by atoms with Gasteiger partial charge < -0.3 is 10.1 Å². The van der Waals surface area contributed by atoms with Gasteiger partial charge in [0.1, 0.15) is 17.4 Å². The first kappa shape index (κ1) is 20.3. The Labute approximate surface area is 181 Å². The third-order valence-electron chi connectivity index (χ3n) is 3.86. The van der Waals surface area contributed by atoms with Crippen LogP contribution < -0.4 is 10.1 Å². The van der Waals surface area contributed by atoms with E-state index in [-0.39, 0.29) is 5.57 Å². The molecule has 6 heteroatoms. The number of amides is 1. The molecule has 5 nitrogen and oxygen atoms in total. The molecular formula is C23H15IN2O3. The Morgan fingerprint density at radius 1 is 0.966 bits per heavy atom. The Morgan fingerprint density at radius 2 is 1.69 bits per heavy atom. The molecule has 0 heterocycles. The SMILES string of the molecule is N#C/C(=C\c1ccc(OC(=O)c2ccccc2)cc1)C(=O)Nc1cccc(I)c1. The number of hydrogen-bond acceptors (Lipinski definition) is 4. The first-order valence-corrected chi connectivity index (χ1v) is 9.69. The summed E-state index contributed by atoms with van der Waals surface area (Å²) in [6.07, 6.45) is 1.48. The highest BCUT2D eigenvalue weighted by Crippen LogP contribution is 2.18. The Balaban J connectivity index is 1.69. The lowest BCUT2D eigenvalue weighted by Gasteiger charge is -2.06. The molecule has 0 saturated heterocycles. The molecule has 1 amide bonds. The summed E-state index contributed by atoms with van der Waals surface area (Å²) in [5, 5.41) is 12.0. The first-order chi connectivity index (χ1) is 14.0. The predicted octanol–water partition coefficient (Wildman–Crippen LogP) is 5.06. The maximum absolute atomic E-state index is 12.4. The lowest BCUT2D eigenvalue weighted by molar-refractivity contribution is -0.112. The van der Waals surface area contributed by atoms with Crippen molar-refractivity contribution in [2.75, 3.05) is 5.32 Å². The Hall–Kier alpha value is -3.44. The van der Waals surface area contributed by atoms with E-state index >= 15 is 0 Å². The van der Waals surface area contributed by atoms with E-state index in [9.17, 15) is 14.9 Å². The standard InChI is InChI=1S/C23H15IN2O3/c24-19-7-4-8-20(14-19)26-22(27)18(15-25)13-16-9-11-21(12-10-16)29-23(28)17-5-2-1-3-6-17/h1-14H,(H,26,27)/b18-13+. The van der Waals surface area contributed by atoms with Crippen molar-refractivity contribution in [3.63, 3.8) is 0 Å². The highest BCUT2D eigenvalue weighted by atomic mass is 127. The number of rotatable bonds is 5. The summed E-state index contributed by atoms with van der Waals surface area (Å²) in [4.78, 5) is 24.4. The van der Waals surface area contributed by atoms with Crippen molar-refractivity contribution in [3.05, 3.63) is 99.1 Å². The maximum atomic E-state index is 12.4. The molecule has 0 atom stereocenters. The molecule has 0 aromatic heterocycles. The molecule has 29 heavy (non-hydrogen) atoms. The zero-order valence-corrected chi connectivity index (χ0v) is 17.3. The van der Waals surface area contributed by atoms with Crippen LogP contribution >= 0.6 is 22.6 Å². The minimum absolute atomic E-state index is 0.0297. The van der Waals surface area contributed by atoms with Gasteiger partial charge in [-0.2, -0.15) is 5.26 Å². The van der Waals surface area contributed by atoms with E-state index in [2.05, 4.69) is 27.9 Å². The zero-order chi connectivity index (χ0) is 20.6. The number of carbonyl (C=O) groups excluding carboxylic acids is 2. The van der Waals surface area contributed by atoms with Crippen molar-refractivity contribution in [1.82, 2.24) is 0 Å². The average Bonchev–Trinajstić information content (AvgIpc) is 2.73. The monoisotopic (exact) mass is 494 g/mol. The zero-order valence-electron chi connectivity index (χ0n) is 15.1. The van der Waals surface area contributed by atoms with E-state index in [4.69, 9.17) is 4.74 Å². The third-order valence-corrected chi connectivity index (χ3v) is 4.53. The van der Waals surface area contributed by atoms with Gasteiger partial charge in [-0.05, 0) is 76.7 Å². The average molecular weight is 494 g/mol. The molecule has 3 aromatic carbocycles. The highest BCUT2D eigenvalue weighted by Gasteiger charge is 2.11. The van der Waals surface area contributed by atoms with Gasteiger partial charge in [0.2, 0.25) is 0 Å². The molecule has 0 aliphatic carbocycles. The minimum atomic E-state index is -0.492. The summed E-state index contributed by atoms with van der Waals surface area (Å²) < 4.78 is 6.30. The number of benzene rings is 3. The number of esters is 1. The van der Waals surface area contributed by atoms with E-state index in [1.807, 2.05) is 30.3 Å².